The molecule has 2 N–H and O–H groups in total. The number of amides is 1. The lowest BCUT2D eigenvalue weighted by Gasteiger charge is -2.14. The maximum absolute atomic E-state index is 12.1. The summed E-state index contributed by atoms with van der Waals surface area (Å²) in [6, 6.07) is 3.03. The first-order valence-electron chi connectivity index (χ1n) is 6.35. The molecule has 0 aliphatic heterocycles. The quantitative estimate of drug-likeness (QED) is 0.649. The maximum Gasteiger partial charge on any atom is 0.251 e. The van der Waals surface area contributed by atoms with Crippen LogP contribution in [-0.4, -0.2) is 55.0 Å². The van der Waals surface area contributed by atoms with E-state index in [9.17, 15) is 13.2 Å². The van der Waals surface area contributed by atoms with Crippen molar-refractivity contribution in [1.29, 1.82) is 0 Å². The Kier molecular flexibility index (Phi) is 6.44. The fourth-order valence-corrected chi connectivity index (χ4v) is 2.20. The highest BCUT2D eigenvalue weighted by molar-refractivity contribution is 7.88. The van der Waals surface area contributed by atoms with Crippen molar-refractivity contribution in [1.82, 2.24) is 10.0 Å². The second kappa shape index (κ2) is 7.85. The van der Waals surface area contributed by atoms with Crippen molar-refractivity contribution in [2.75, 3.05) is 40.7 Å². The third-order valence-electron chi connectivity index (χ3n) is 2.70. The van der Waals surface area contributed by atoms with Crippen LogP contribution in [0.5, 0.6) is 17.2 Å². The lowest BCUT2D eigenvalue weighted by molar-refractivity contribution is 0.0953. The van der Waals surface area contributed by atoms with Crippen LogP contribution < -0.4 is 24.2 Å². The molecule has 1 rings (SSSR count). The maximum atomic E-state index is 12.1. The Hall–Kier alpha value is -2.00. The first-order chi connectivity index (χ1) is 10.3. The van der Waals surface area contributed by atoms with Gasteiger partial charge >= 0.3 is 0 Å². The largest absolute Gasteiger partial charge is 0.493 e. The zero-order valence-electron chi connectivity index (χ0n) is 12.9. The number of nitrogens with one attached hydrogen (secondary N) is 2. The van der Waals surface area contributed by atoms with E-state index in [0.717, 1.165) is 6.26 Å². The molecule has 0 unspecified atom stereocenters. The summed E-state index contributed by atoms with van der Waals surface area (Å²) >= 11 is 0. The molecule has 9 heteroatoms. The Balaban J connectivity index is 2.81. The number of ether oxygens (including phenoxy) is 3. The predicted molar refractivity (Wildman–Crippen MR) is 81.3 cm³/mol. The van der Waals surface area contributed by atoms with Crippen LogP contribution in [0.25, 0.3) is 0 Å². The summed E-state index contributed by atoms with van der Waals surface area (Å²) in [4.78, 5) is 12.1. The highest BCUT2D eigenvalue weighted by Crippen LogP contribution is 2.38. The first kappa shape index (κ1) is 18.1. The van der Waals surface area contributed by atoms with E-state index in [2.05, 4.69) is 10.0 Å². The van der Waals surface area contributed by atoms with Crippen LogP contribution in [0.15, 0.2) is 12.1 Å². The van der Waals surface area contributed by atoms with E-state index in [1.165, 1.54) is 33.5 Å². The van der Waals surface area contributed by atoms with Crippen molar-refractivity contribution in [2.24, 2.45) is 0 Å². The third kappa shape index (κ3) is 5.08. The van der Waals surface area contributed by atoms with Crippen molar-refractivity contribution < 1.29 is 27.4 Å². The van der Waals surface area contributed by atoms with Gasteiger partial charge in [-0.1, -0.05) is 0 Å². The summed E-state index contributed by atoms with van der Waals surface area (Å²) in [7, 11) is 1.10. The molecule has 0 saturated carbocycles. The van der Waals surface area contributed by atoms with Gasteiger partial charge < -0.3 is 19.5 Å². The van der Waals surface area contributed by atoms with E-state index in [-0.39, 0.29) is 19.0 Å². The lowest BCUT2D eigenvalue weighted by Crippen LogP contribution is -2.34. The lowest BCUT2D eigenvalue weighted by atomic mass is 10.1. The van der Waals surface area contributed by atoms with Gasteiger partial charge in [-0.15, -0.1) is 0 Å². The van der Waals surface area contributed by atoms with Crippen molar-refractivity contribution in [3.8, 4) is 17.2 Å². The Labute approximate surface area is 129 Å². The van der Waals surface area contributed by atoms with E-state index < -0.39 is 10.0 Å². The minimum absolute atomic E-state index is 0.106. The second-order valence-corrected chi connectivity index (χ2v) is 6.17. The highest BCUT2D eigenvalue weighted by Gasteiger charge is 2.16. The molecule has 0 fully saturated rings. The smallest absolute Gasteiger partial charge is 0.251 e. The summed E-state index contributed by atoms with van der Waals surface area (Å²) in [6.07, 6.45) is 1.05. The van der Waals surface area contributed by atoms with Crippen molar-refractivity contribution in [3.05, 3.63) is 17.7 Å². The topological polar surface area (TPSA) is 103 Å². The molecule has 124 valence electrons. The molecule has 0 saturated heterocycles. The normalized spacial score (nSPS) is 10.9. The molecule has 0 aliphatic rings. The Bertz CT molecular complexity index is 604. The SMILES string of the molecule is COc1cc(C(=O)NCCNS(C)(=O)=O)cc(OC)c1OC. The van der Waals surface area contributed by atoms with E-state index >= 15 is 0 Å². The van der Waals surface area contributed by atoms with E-state index in [1.54, 1.807) is 0 Å². The molecule has 0 atom stereocenters. The molecule has 0 radical (unpaired) electrons. The van der Waals surface area contributed by atoms with E-state index in [1.807, 2.05) is 0 Å². The zero-order chi connectivity index (χ0) is 16.8. The van der Waals surface area contributed by atoms with Gasteiger partial charge in [0.1, 0.15) is 0 Å². The number of carbonyl (C=O) groups is 1. The molecule has 1 aromatic carbocycles. The van der Waals surface area contributed by atoms with Crippen molar-refractivity contribution >= 4 is 15.9 Å². The van der Waals surface area contributed by atoms with E-state index in [4.69, 9.17) is 14.2 Å². The van der Waals surface area contributed by atoms with Gasteiger partial charge in [-0.05, 0) is 12.1 Å². The average molecular weight is 332 g/mol. The van der Waals surface area contributed by atoms with Crippen LogP contribution >= 0.6 is 0 Å². The van der Waals surface area contributed by atoms with Crippen molar-refractivity contribution in [3.63, 3.8) is 0 Å². The summed E-state index contributed by atoms with van der Waals surface area (Å²) in [5.74, 6) is 0.734. The van der Waals surface area contributed by atoms with Crippen LogP contribution in [-0.2, 0) is 10.0 Å². The molecule has 0 spiro atoms. The molecule has 0 bridgehead atoms. The number of rotatable bonds is 8. The van der Waals surface area contributed by atoms with Crippen LogP contribution in [0, 0.1) is 0 Å². The Morgan fingerprint density at radius 3 is 2.00 bits per heavy atom. The van der Waals surface area contributed by atoms with E-state index in [0.29, 0.717) is 22.8 Å². The monoisotopic (exact) mass is 332 g/mol. The summed E-state index contributed by atoms with van der Waals surface area (Å²) < 4.78 is 39.6. The number of benzene rings is 1. The van der Waals surface area contributed by atoms with Gasteiger partial charge in [-0.2, -0.15) is 0 Å². The van der Waals surface area contributed by atoms with Gasteiger partial charge in [0.25, 0.3) is 5.91 Å². The molecule has 1 aromatic rings. The molecule has 0 heterocycles. The molecular formula is C13H20N2O6S. The van der Waals surface area contributed by atoms with Gasteiger partial charge in [0.15, 0.2) is 11.5 Å². The zero-order valence-corrected chi connectivity index (χ0v) is 13.7. The number of methoxy groups -OCH3 is 3. The van der Waals surface area contributed by atoms with Crippen LogP contribution in [0.2, 0.25) is 0 Å². The number of sulfonamides is 1. The third-order valence-corrected chi connectivity index (χ3v) is 3.43. The fraction of sp³-hybridized carbons (Fsp3) is 0.462. The van der Waals surface area contributed by atoms with Crippen LogP contribution in [0.4, 0.5) is 0 Å². The predicted octanol–water partition coefficient (Wildman–Crippen LogP) is -0.00860. The number of hydrogen-bond acceptors (Lipinski definition) is 6. The number of hydrogen-bond donors (Lipinski definition) is 2. The fourth-order valence-electron chi connectivity index (χ4n) is 1.73. The summed E-state index contributed by atoms with van der Waals surface area (Å²) in [5, 5.41) is 2.59. The Morgan fingerprint density at radius 1 is 1.05 bits per heavy atom. The van der Waals surface area contributed by atoms with Gasteiger partial charge in [0.2, 0.25) is 15.8 Å². The van der Waals surface area contributed by atoms with Crippen LogP contribution in [0.1, 0.15) is 10.4 Å². The van der Waals surface area contributed by atoms with Gasteiger partial charge in [-0.3, -0.25) is 4.79 Å². The molecular weight excluding hydrogens is 312 g/mol. The van der Waals surface area contributed by atoms with Crippen molar-refractivity contribution in [2.45, 2.75) is 0 Å². The Morgan fingerprint density at radius 2 is 1.59 bits per heavy atom. The molecule has 8 nitrogen and oxygen atoms in total. The van der Waals surface area contributed by atoms with Gasteiger partial charge in [0, 0.05) is 18.7 Å². The minimum atomic E-state index is -3.27. The summed E-state index contributed by atoms with van der Waals surface area (Å²) in [5.41, 5.74) is 0.314. The average Bonchev–Trinajstić information content (AvgIpc) is 2.48. The molecule has 0 aromatic heterocycles. The minimum Gasteiger partial charge on any atom is -0.493 e. The van der Waals surface area contributed by atoms with Gasteiger partial charge in [0.05, 0.1) is 27.6 Å². The molecule has 1 amide bonds. The number of carbonyl (C=O) groups excluding carboxylic acids is 1. The standard InChI is InChI=1S/C13H20N2O6S/c1-19-10-7-9(8-11(20-2)12(10)21-3)13(16)14-5-6-15-22(4,17)18/h7-8,15H,5-6H2,1-4H3,(H,14,16). The molecule has 22 heavy (non-hydrogen) atoms. The second-order valence-electron chi connectivity index (χ2n) is 4.34. The summed E-state index contributed by atoms with van der Waals surface area (Å²) in [6.45, 7) is 0.261. The van der Waals surface area contributed by atoms with Gasteiger partial charge in [-0.25, -0.2) is 13.1 Å². The first-order valence-corrected chi connectivity index (χ1v) is 8.24. The van der Waals surface area contributed by atoms with Crippen LogP contribution in [0.3, 0.4) is 0 Å². The highest BCUT2D eigenvalue weighted by atomic mass is 32.2. The molecule has 0 aliphatic carbocycles.